The normalized spacial score (nSPS) is 12.2. The van der Waals surface area contributed by atoms with Gasteiger partial charge in [0.15, 0.2) is 5.75 Å². The summed E-state index contributed by atoms with van der Waals surface area (Å²) in [7, 11) is -4.78. The Bertz CT molecular complexity index is 881. The Morgan fingerprint density at radius 3 is 2.39 bits per heavy atom. The zero-order valence-electron chi connectivity index (χ0n) is 11.2. The van der Waals surface area contributed by atoms with E-state index in [1.807, 2.05) is 0 Å². The van der Waals surface area contributed by atoms with Gasteiger partial charge in [-0.15, -0.1) is 0 Å². The SMILES string of the molecule is COc1ccc([N+](=O)[O-])c2c(OS(=O)(=O)C(F)(F)F)ccnc12. The number of nitro groups is 1. The summed E-state index contributed by atoms with van der Waals surface area (Å²) in [5.41, 5.74) is -6.58. The molecule has 0 saturated heterocycles. The number of hydrogen-bond acceptors (Lipinski definition) is 7. The van der Waals surface area contributed by atoms with Gasteiger partial charge in [0.05, 0.1) is 12.0 Å². The van der Waals surface area contributed by atoms with Gasteiger partial charge in [-0.1, -0.05) is 0 Å². The number of fused-ring (bicyclic) bond motifs is 1. The fourth-order valence-corrected chi connectivity index (χ4v) is 2.22. The third-order valence-corrected chi connectivity index (χ3v) is 3.66. The van der Waals surface area contributed by atoms with Crippen molar-refractivity contribution in [1.82, 2.24) is 4.98 Å². The topological polar surface area (TPSA) is 109 Å². The van der Waals surface area contributed by atoms with Gasteiger partial charge in [-0.05, 0) is 6.07 Å². The Morgan fingerprint density at radius 1 is 1.22 bits per heavy atom. The van der Waals surface area contributed by atoms with E-state index in [9.17, 15) is 31.7 Å². The van der Waals surface area contributed by atoms with E-state index in [0.29, 0.717) is 0 Å². The molecule has 0 aliphatic carbocycles. The van der Waals surface area contributed by atoms with Crippen LogP contribution in [0.5, 0.6) is 11.5 Å². The molecule has 0 aliphatic heterocycles. The van der Waals surface area contributed by atoms with Crippen molar-refractivity contribution in [2.24, 2.45) is 0 Å². The maximum Gasteiger partial charge on any atom is 0.534 e. The smallest absolute Gasteiger partial charge is 0.494 e. The number of aromatic nitrogens is 1. The largest absolute Gasteiger partial charge is 0.534 e. The van der Waals surface area contributed by atoms with Gasteiger partial charge in [0.25, 0.3) is 5.69 Å². The molecule has 0 N–H and O–H groups in total. The number of non-ortho nitro benzene ring substituents is 1. The van der Waals surface area contributed by atoms with Crippen LogP contribution >= 0.6 is 0 Å². The van der Waals surface area contributed by atoms with Gasteiger partial charge in [0.1, 0.15) is 16.7 Å². The van der Waals surface area contributed by atoms with Crippen LogP contribution in [0.1, 0.15) is 0 Å². The van der Waals surface area contributed by atoms with E-state index in [1.54, 1.807) is 0 Å². The minimum Gasteiger partial charge on any atom is -0.494 e. The van der Waals surface area contributed by atoms with Crippen molar-refractivity contribution < 1.29 is 35.4 Å². The molecule has 23 heavy (non-hydrogen) atoms. The second-order valence-electron chi connectivity index (χ2n) is 4.06. The summed E-state index contributed by atoms with van der Waals surface area (Å²) in [5.74, 6) is -0.876. The number of alkyl halides is 3. The number of hydrogen-bond donors (Lipinski definition) is 0. The molecule has 8 nitrogen and oxygen atoms in total. The van der Waals surface area contributed by atoms with E-state index in [-0.39, 0.29) is 11.3 Å². The summed E-state index contributed by atoms with van der Waals surface area (Å²) < 4.78 is 68.5. The van der Waals surface area contributed by atoms with Gasteiger partial charge in [-0.2, -0.15) is 21.6 Å². The van der Waals surface area contributed by atoms with Gasteiger partial charge >= 0.3 is 15.6 Å². The highest BCUT2D eigenvalue weighted by Gasteiger charge is 2.49. The van der Waals surface area contributed by atoms with Crippen molar-refractivity contribution in [3.63, 3.8) is 0 Å². The Kier molecular flexibility index (Phi) is 4.03. The molecule has 2 rings (SSSR count). The van der Waals surface area contributed by atoms with E-state index in [4.69, 9.17) is 4.74 Å². The van der Waals surface area contributed by atoms with E-state index < -0.39 is 37.4 Å². The third-order valence-electron chi connectivity index (χ3n) is 2.69. The molecule has 0 bridgehead atoms. The lowest BCUT2D eigenvalue weighted by Gasteiger charge is -2.12. The lowest BCUT2D eigenvalue weighted by Crippen LogP contribution is -2.28. The van der Waals surface area contributed by atoms with Gasteiger partial charge in [-0.3, -0.25) is 15.1 Å². The maximum atomic E-state index is 12.4. The Morgan fingerprint density at radius 2 is 1.87 bits per heavy atom. The van der Waals surface area contributed by atoms with Gasteiger partial charge < -0.3 is 8.92 Å². The van der Waals surface area contributed by atoms with Crippen molar-refractivity contribution in [3.05, 3.63) is 34.5 Å². The quantitative estimate of drug-likeness (QED) is 0.360. The number of methoxy groups -OCH3 is 1. The second-order valence-corrected chi connectivity index (χ2v) is 5.60. The molecule has 1 aromatic carbocycles. The average molecular weight is 352 g/mol. The highest BCUT2D eigenvalue weighted by Crippen LogP contribution is 2.39. The summed E-state index contributed by atoms with van der Waals surface area (Å²) in [6.45, 7) is 0. The molecule has 12 heteroatoms. The minimum atomic E-state index is -6.00. The number of nitrogens with zero attached hydrogens (tertiary/aromatic N) is 2. The van der Waals surface area contributed by atoms with Crippen LogP contribution in [0.25, 0.3) is 10.9 Å². The van der Waals surface area contributed by atoms with Crippen LogP contribution in [0.4, 0.5) is 18.9 Å². The fraction of sp³-hybridized carbons (Fsp3) is 0.182. The lowest BCUT2D eigenvalue weighted by atomic mass is 10.1. The predicted molar refractivity (Wildman–Crippen MR) is 70.6 cm³/mol. The first-order valence-corrected chi connectivity index (χ1v) is 7.10. The van der Waals surface area contributed by atoms with E-state index in [0.717, 1.165) is 18.3 Å². The molecule has 0 unspecified atom stereocenters. The lowest BCUT2D eigenvalue weighted by molar-refractivity contribution is -0.383. The summed E-state index contributed by atoms with van der Waals surface area (Å²) in [6, 6.07) is 2.89. The van der Waals surface area contributed by atoms with Crippen LogP contribution in [0.3, 0.4) is 0 Å². The number of halogens is 3. The molecule has 0 aliphatic rings. The number of rotatable bonds is 4. The van der Waals surface area contributed by atoms with Crippen LogP contribution < -0.4 is 8.92 Å². The van der Waals surface area contributed by atoms with Crippen molar-refractivity contribution in [2.75, 3.05) is 7.11 Å². The monoisotopic (exact) mass is 352 g/mol. The Labute approximate surface area is 126 Å². The van der Waals surface area contributed by atoms with Crippen molar-refractivity contribution >= 4 is 26.7 Å². The standard InChI is InChI=1S/C11H7F3N2O6S/c1-21-8-3-2-6(16(17)18)9-7(4-5-15-10(8)9)22-23(19,20)11(12,13)14/h2-5H,1H3. The zero-order valence-corrected chi connectivity index (χ0v) is 12.0. The summed E-state index contributed by atoms with van der Waals surface area (Å²) >= 11 is 0. The molecular formula is C11H7F3N2O6S. The first-order valence-electron chi connectivity index (χ1n) is 5.69. The first-order chi connectivity index (χ1) is 10.6. The van der Waals surface area contributed by atoms with Crippen LogP contribution in [0.15, 0.2) is 24.4 Å². The van der Waals surface area contributed by atoms with Crippen molar-refractivity contribution in [2.45, 2.75) is 5.51 Å². The first kappa shape index (κ1) is 16.7. The average Bonchev–Trinajstić information content (AvgIpc) is 2.44. The minimum absolute atomic E-state index is 0.000423. The molecule has 0 spiro atoms. The number of nitro benzene ring substituents is 1. The molecular weight excluding hydrogens is 345 g/mol. The molecule has 1 heterocycles. The number of benzene rings is 1. The van der Waals surface area contributed by atoms with Gasteiger partial charge in [-0.25, -0.2) is 0 Å². The van der Waals surface area contributed by atoms with Gasteiger partial charge in [0.2, 0.25) is 0 Å². The fourth-order valence-electron chi connectivity index (χ4n) is 1.75. The molecule has 1 aromatic heterocycles. The zero-order chi connectivity index (χ0) is 17.4. The highest BCUT2D eigenvalue weighted by atomic mass is 32.2. The molecule has 0 amide bonds. The van der Waals surface area contributed by atoms with Crippen LogP contribution in [0, 0.1) is 10.1 Å². The van der Waals surface area contributed by atoms with Crippen LogP contribution in [-0.2, 0) is 10.1 Å². The highest BCUT2D eigenvalue weighted by molar-refractivity contribution is 7.88. The number of ether oxygens (including phenoxy) is 1. The van der Waals surface area contributed by atoms with Gasteiger partial charge in [0, 0.05) is 18.3 Å². The van der Waals surface area contributed by atoms with E-state index in [2.05, 4.69) is 9.17 Å². The molecule has 0 saturated carbocycles. The summed E-state index contributed by atoms with van der Waals surface area (Å²) in [4.78, 5) is 13.9. The Hall–Kier alpha value is -2.63. The Balaban J connectivity index is 2.78. The van der Waals surface area contributed by atoms with E-state index in [1.165, 1.54) is 13.2 Å². The van der Waals surface area contributed by atoms with Crippen LogP contribution in [0.2, 0.25) is 0 Å². The molecule has 2 aromatic rings. The van der Waals surface area contributed by atoms with Crippen molar-refractivity contribution in [1.29, 1.82) is 0 Å². The van der Waals surface area contributed by atoms with E-state index >= 15 is 0 Å². The summed E-state index contributed by atoms with van der Waals surface area (Å²) in [5, 5.41) is 10.5. The summed E-state index contributed by atoms with van der Waals surface area (Å²) in [6.07, 6.45) is 0.940. The predicted octanol–water partition coefficient (Wildman–Crippen LogP) is 2.38. The molecule has 0 atom stereocenters. The molecule has 0 radical (unpaired) electrons. The number of pyridine rings is 1. The third kappa shape index (κ3) is 2.97. The molecule has 124 valence electrons. The van der Waals surface area contributed by atoms with Crippen molar-refractivity contribution in [3.8, 4) is 11.5 Å². The van der Waals surface area contributed by atoms with Crippen LogP contribution in [-0.4, -0.2) is 30.9 Å². The maximum absolute atomic E-state index is 12.4. The molecule has 0 fully saturated rings. The second kappa shape index (κ2) is 5.53.